The molecule has 0 bridgehead atoms. The highest BCUT2D eigenvalue weighted by Gasteiger charge is 2.30. The van der Waals surface area contributed by atoms with Crippen molar-refractivity contribution in [3.8, 4) is 5.75 Å². The molecule has 1 fully saturated rings. The van der Waals surface area contributed by atoms with Crippen LogP contribution in [0.5, 0.6) is 5.75 Å². The van der Waals surface area contributed by atoms with Crippen molar-refractivity contribution >= 4 is 10.8 Å². The lowest BCUT2D eigenvalue weighted by Gasteiger charge is -2.32. The molecule has 2 aromatic carbocycles. The van der Waals surface area contributed by atoms with E-state index in [0.717, 1.165) is 54.8 Å². The molecule has 4 rings (SSSR count). The van der Waals surface area contributed by atoms with Gasteiger partial charge in [0, 0.05) is 31.2 Å². The molecule has 0 radical (unpaired) electrons. The van der Waals surface area contributed by atoms with Crippen LogP contribution in [0.3, 0.4) is 0 Å². The maximum atomic E-state index is 12.7. The lowest BCUT2D eigenvalue weighted by Crippen LogP contribution is -2.37. The fourth-order valence-electron chi connectivity index (χ4n) is 3.68. The van der Waals surface area contributed by atoms with Crippen molar-refractivity contribution in [2.45, 2.75) is 31.7 Å². The monoisotopic (exact) mass is 402 g/mol. The van der Waals surface area contributed by atoms with E-state index in [2.05, 4.69) is 9.88 Å². The molecule has 0 spiro atoms. The zero-order chi connectivity index (χ0) is 20.4. The Labute approximate surface area is 165 Å². The van der Waals surface area contributed by atoms with Crippen LogP contribution in [0.1, 0.15) is 24.0 Å². The molecule has 0 atom stereocenters. The summed E-state index contributed by atoms with van der Waals surface area (Å²) >= 11 is 0. The third-order valence-electron chi connectivity index (χ3n) is 5.27. The molecule has 1 aromatic heterocycles. The molecule has 29 heavy (non-hydrogen) atoms. The average Bonchev–Trinajstić information content (AvgIpc) is 2.69. The third kappa shape index (κ3) is 4.62. The number of halogens is 3. The Balaban J connectivity index is 1.32. The number of benzene rings is 2. The number of piperidine rings is 1. The molecule has 0 unspecified atom stereocenters. The minimum atomic E-state index is -4.30. The van der Waals surface area contributed by atoms with Crippen LogP contribution < -0.4 is 10.3 Å². The van der Waals surface area contributed by atoms with Gasteiger partial charge in [-0.1, -0.05) is 12.1 Å². The van der Waals surface area contributed by atoms with Crippen molar-refractivity contribution in [3.63, 3.8) is 0 Å². The van der Waals surface area contributed by atoms with Crippen LogP contribution in [0.25, 0.3) is 10.8 Å². The number of nitrogens with zero attached hydrogens (tertiary/aromatic N) is 1. The molecule has 2 heterocycles. The standard InChI is InChI=1S/C22H21F3N2O2/c23-22(24,25)17-3-1-15(2-4-17)14-27-11-8-18(9-12-27)29-19-5-6-20-16(13-19)7-10-26-21(20)28/h1-7,10,13,18H,8-9,11-12,14H2,(H,26,28). The lowest BCUT2D eigenvalue weighted by molar-refractivity contribution is -0.137. The molecule has 0 saturated carbocycles. The molecule has 0 aliphatic carbocycles. The van der Waals surface area contributed by atoms with E-state index in [9.17, 15) is 18.0 Å². The van der Waals surface area contributed by atoms with E-state index in [0.29, 0.717) is 11.9 Å². The second-order valence-corrected chi connectivity index (χ2v) is 7.34. The average molecular weight is 402 g/mol. The second-order valence-electron chi connectivity index (χ2n) is 7.34. The number of aromatic amines is 1. The van der Waals surface area contributed by atoms with Gasteiger partial charge in [0.05, 0.1) is 5.56 Å². The van der Waals surface area contributed by atoms with E-state index in [1.54, 1.807) is 24.4 Å². The van der Waals surface area contributed by atoms with Crippen LogP contribution in [0, 0.1) is 0 Å². The Morgan fingerprint density at radius 1 is 1.03 bits per heavy atom. The Bertz CT molecular complexity index is 1040. The lowest BCUT2D eigenvalue weighted by atomic mass is 10.1. The summed E-state index contributed by atoms with van der Waals surface area (Å²) in [6, 6.07) is 12.7. The SMILES string of the molecule is O=c1[nH]ccc2cc(OC3CCN(Cc4ccc(C(F)(F)F)cc4)CC3)ccc12. The van der Waals surface area contributed by atoms with Gasteiger partial charge in [0.15, 0.2) is 0 Å². The number of hydrogen-bond acceptors (Lipinski definition) is 3. The second kappa shape index (κ2) is 7.91. The van der Waals surface area contributed by atoms with Gasteiger partial charge in [0.2, 0.25) is 0 Å². The quantitative estimate of drug-likeness (QED) is 0.694. The predicted molar refractivity (Wildman–Crippen MR) is 105 cm³/mol. The zero-order valence-electron chi connectivity index (χ0n) is 15.7. The van der Waals surface area contributed by atoms with Gasteiger partial charge in [-0.2, -0.15) is 13.2 Å². The fraction of sp³-hybridized carbons (Fsp3) is 0.318. The van der Waals surface area contributed by atoms with Crippen molar-refractivity contribution in [2.75, 3.05) is 13.1 Å². The third-order valence-corrected chi connectivity index (χ3v) is 5.27. The maximum absolute atomic E-state index is 12.7. The first kappa shape index (κ1) is 19.5. The molecule has 4 nitrogen and oxygen atoms in total. The predicted octanol–water partition coefficient (Wildman–Crippen LogP) is 4.59. The van der Waals surface area contributed by atoms with Crippen molar-refractivity contribution < 1.29 is 17.9 Å². The van der Waals surface area contributed by atoms with E-state index in [-0.39, 0.29) is 11.7 Å². The number of nitrogens with one attached hydrogen (secondary N) is 1. The number of aromatic nitrogens is 1. The van der Waals surface area contributed by atoms with Gasteiger partial charge in [0.1, 0.15) is 11.9 Å². The largest absolute Gasteiger partial charge is 0.490 e. The Morgan fingerprint density at radius 3 is 2.45 bits per heavy atom. The Kier molecular flexibility index (Phi) is 5.32. The number of alkyl halides is 3. The summed E-state index contributed by atoms with van der Waals surface area (Å²) in [7, 11) is 0. The summed E-state index contributed by atoms with van der Waals surface area (Å²) in [5.41, 5.74) is 0.133. The van der Waals surface area contributed by atoms with Gasteiger partial charge in [0.25, 0.3) is 5.56 Å². The van der Waals surface area contributed by atoms with Crippen LogP contribution >= 0.6 is 0 Å². The molecule has 1 N–H and O–H groups in total. The number of fused-ring (bicyclic) bond motifs is 1. The fourth-order valence-corrected chi connectivity index (χ4v) is 3.68. The molecule has 152 valence electrons. The molecule has 3 aromatic rings. The van der Waals surface area contributed by atoms with Gasteiger partial charge in [-0.15, -0.1) is 0 Å². The topological polar surface area (TPSA) is 45.3 Å². The number of hydrogen-bond donors (Lipinski definition) is 1. The van der Waals surface area contributed by atoms with Crippen molar-refractivity contribution in [1.29, 1.82) is 0 Å². The maximum Gasteiger partial charge on any atom is 0.416 e. The first-order valence-electron chi connectivity index (χ1n) is 9.55. The summed E-state index contributed by atoms with van der Waals surface area (Å²) in [6.07, 6.45) is -0.917. The van der Waals surface area contributed by atoms with Crippen LogP contribution in [-0.2, 0) is 12.7 Å². The van der Waals surface area contributed by atoms with Gasteiger partial charge in [-0.3, -0.25) is 9.69 Å². The summed E-state index contributed by atoms with van der Waals surface area (Å²) in [6.45, 7) is 2.27. The first-order chi connectivity index (χ1) is 13.9. The molecule has 1 saturated heterocycles. The Hall–Kier alpha value is -2.80. The summed E-state index contributed by atoms with van der Waals surface area (Å²) in [5.74, 6) is 0.740. The first-order valence-corrected chi connectivity index (χ1v) is 9.55. The number of likely N-dealkylation sites (tertiary alicyclic amines) is 1. The van der Waals surface area contributed by atoms with Crippen molar-refractivity contribution in [2.24, 2.45) is 0 Å². The normalized spacial score (nSPS) is 16.2. The number of pyridine rings is 1. The molecule has 0 amide bonds. The summed E-state index contributed by atoms with van der Waals surface area (Å²) in [5, 5.41) is 1.47. The van der Waals surface area contributed by atoms with Crippen LogP contribution in [-0.4, -0.2) is 29.1 Å². The van der Waals surface area contributed by atoms with E-state index < -0.39 is 11.7 Å². The molecule has 1 aliphatic heterocycles. The highest BCUT2D eigenvalue weighted by molar-refractivity contribution is 5.82. The van der Waals surface area contributed by atoms with E-state index in [1.807, 2.05) is 18.2 Å². The van der Waals surface area contributed by atoms with E-state index >= 15 is 0 Å². The summed E-state index contributed by atoms with van der Waals surface area (Å²) < 4.78 is 44.1. The minimum Gasteiger partial charge on any atom is -0.490 e. The molecular formula is C22H21F3N2O2. The molecule has 7 heteroatoms. The van der Waals surface area contributed by atoms with Crippen molar-refractivity contribution in [3.05, 3.63) is 76.2 Å². The molecular weight excluding hydrogens is 381 g/mol. The van der Waals surface area contributed by atoms with Gasteiger partial charge in [-0.05, 0) is 60.2 Å². The highest BCUT2D eigenvalue weighted by Crippen LogP contribution is 2.29. The summed E-state index contributed by atoms with van der Waals surface area (Å²) in [4.78, 5) is 16.7. The number of ether oxygens (including phenoxy) is 1. The molecule has 1 aliphatic rings. The highest BCUT2D eigenvalue weighted by atomic mass is 19.4. The minimum absolute atomic E-state index is 0.0818. The Morgan fingerprint density at radius 2 is 1.76 bits per heavy atom. The van der Waals surface area contributed by atoms with Gasteiger partial charge >= 0.3 is 6.18 Å². The van der Waals surface area contributed by atoms with E-state index in [4.69, 9.17) is 4.74 Å². The zero-order valence-corrected chi connectivity index (χ0v) is 15.7. The van der Waals surface area contributed by atoms with Gasteiger partial charge < -0.3 is 9.72 Å². The van der Waals surface area contributed by atoms with Crippen LogP contribution in [0.15, 0.2) is 59.5 Å². The van der Waals surface area contributed by atoms with Crippen LogP contribution in [0.4, 0.5) is 13.2 Å². The van der Waals surface area contributed by atoms with Gasteiger partial charge in [-0.25, -0.2) is 0 Å². The van der Waals surface area contributed by atoms with E-state index in [1.165, 1.54) is 0 Å². The van der Waals surface area contributed by atoms with Crippen molar-refractivity contribution in [1.82, 2.24) is 9.88 Å². The number of rotatable bonds is 4. The van der Waals surface area contributed by atoms with Crippen LogP contribution in [0.2, 0.25) is 0 Å². The smallest absolute Gasteiger partial charge is 0.416 e. The number of H-pyrrole nitrogens is 1.